The van der Waals surface area contributed by atoms with E-state index in [1.165, 1.54) is 0 Å². The highest BCUT2D eigenvalue weighted by molar-refractivity contribution is 9.10. The van der Waals surface area contributed by atoms with E-state index in [4.69, 9.17) is 9.47 Å². The molecular weight excluding hydrogens is 334 g/mol. The van der Waals surface area contributed by atoms with Crippen molar-refractivity contribution in [1.82, 2.24) is 4.90 Å². The summed E-state index contributed by atoms with van der Waals surface area (Å²) in [6.45, 7) is 1.38. The Morgan fingerprint density at radius 1 is 1.29 bits per heavy atom. The molecule has 1 aromatic rings. The molecule has 4 nitrogen and oxygen atoms in total. The van der Waals surface area contributed by atoms with Crippen molar-refractivity contribution >= 4 is 21.8 Å². The van der Waals surface area contributed by atoms with Crippen LogP contribution in [0.3, 0.4) is 0 Å². The standard InChI is InChI=1S/C16H20BrNO3/c1-18(15(19)12-3-2-4-13(17)11-12)14-5-7-16(8-6-14)20-9-10-21-16/h2-4,11,14H,5-10H2,1H3. The third kappa shape index (κ3) is 3.15. The molecule has 1 saturated carbocycles. The number of ether oxygens (including phenoxy) is 2. The lowest BCUT2D eigenvalue weighted by Crippen LogP contribution is -2.44. The van der Waals surface area contributed by atoms with Gasteiger partial charge in [0.25, 0.3) is 5.91 Å². The largest absolute Gasteiger partial charge is 0.348 e. The zero-order valence-electron chi connectivity index (χ0n) is 12.2. The fraction of sp³-hybridized carbons (Fsp3) is 0.562. The predicted molar refractivity (Wildman–Crippen MR) is 83.1 cm³/mol. The van der Waals surface area contributed by atoms with Crippen LogP contribution >= 0.6 is 15.9 Å². The van der Waals surface area contributed by atoms with E-state index in [2.05, 4.69) is 15.9 Å². The summed E-state index contributed by atoms with van der Waals surface area (Å²) in [5.74, 6) is -0.290. The molecular formula is C16H20BrNO3. The van der Waals surface area contributed by atoms with E-state index in [-0.39, 0.29) is 17.7 Å². The summed E-state index contributed by atoms with van der Waals surface area (Å²) in [7, 11) is 1.89. The third-order valence-corrected chi connectivity index (χ3v) is 4.96. The molecule has 1 aliphatic heterocycles. The van der Waals surface area contributed by atoms with E-state index < -0.39 is 0 Å². The molecule has 0 radical (unpaired) electrons. The number of hydrogen-bond acceptors (Lipinski definition) is 3. The summed E-state index contributed by atoms with van der Waals surface area (Å²) in [5.41, 5.74) is 0.723. The molecule has 2 fully saturated rings. The van der Waals surface area contributed by atoms with Gasteiger partial charge in [0, 0.05) is 36.0 Å². The maximum atomic E-state index is 12.6. The van der Waals surface area contributed by atoms with Crippen LogP contribution < -0.4 is 0 Å². The van der Waals surface area contributed by atoms with Gasteiger partial charge in [-0.3, -0.25) is 4.79 Å². The quantitative estimate of drug-likeness (QED) is 0.819. The van der Waals surface area contributed by atoms with Gasteiger partial charge in [-0.1, -0.05) is 22.0 Å². The van der Waals surface area contributed by atoms with Crippen LogP contribution in [-0.4, -0.2) is 42.9 Å². The van der Waals surface area contributed by atoms with Crippen LogP contribution in [-0.2, 0) is 9.47 Å². The average Bonchev–Trinajstić information content (AvgIpc) is 2.95. The normalized spacial score (nSPS) is 21.6. The van der Waals surface area contributed by atoms with Crippen molar-refractivity contribution in [1.29, 1.82) is 0 Å². The first-order valence-electron chi connectivity index (χ1n) is 7.40. The zero-order valence-corrected chi connectivity index (χ0v) is 13.8. The Morgan fingerprint density at radius 3 is 2.57 bits per heavy atom. The number of carbonyl (C=O) groups excluding carboxylic acids is 1. The Balaban J connectivity index is 1.63. The second-order valence-electron chi connectivity index (χ2n) is 5.77. The van der Waals surface area contributed by atoms with Crippen molar-refractivity contribution in [3.05, 3.63) is 34.3 Å². The van der Waals surface area contributed by atoms with Crippen LogP contribution in [0.5, 0.6) is 0 Å². The van der Waals surface area contributed by atoms with Gasteiger partial charge in [-0.05, 0) is 31.0 Å². The Labute approximate surface area is 133 Å². The van der Waals surface area contributed by atoms with E-state index in [0.29, 0.717) is 13.2 Å². The highest BCUT2D eigenvalue weighted by atomic mass is 79.9. The molecule has 0 unspecified atom stereocenters. The first kappa shape index (κ1) is 15.0. The molecule has 2 aliphatic rings. The second-order valence-corrected chi connectivity index (χ2v) is 6.68. The van der Waals surface area contributed by atoms with Crippen LogP contribution in [0.15, 0.2) is 28.7 Å². The van der Waals surface area contributed by atoms with Gasteiger partial charge < -0.3 is 14.4 Å². The van der Waals surface area contributed by atoms with Gasteiger partial charge >= 0.3 is 0 Å². The fourth-order valence-electron chi connectivity index (χ4n) is 3.21. The van der Waals surface area contributed by atoms with Gasteiger partial charge in [0.05, 0.1) is 13.2 Å². The molecule has 1 aliphatic carbocycles. The van der Waals surface area contributed by atoms with Gasteiger partial charge in [0.15, 0.2) is 5.79 Å². The molecule has 21 heavy (non-hydrogen) atoms. The van der Waals surface area contributed by atoms with Crippen molar-refractivity contribution in [2.45, 2.75) is 37.5 Å². The van der Waals surface area contributed by atoms with Gasteiger partial charge in [0.2, 0.25) is 0 Å². The number of carbonyl (C=O) groups is 1. The Morgan fingerprint density at radius 2 is 1.95 bits per heavy atom. The fourth-order valence-corrected chi connectivity index (χ4v) is 3.61. The third-order valence-electron chi connectivity index (χ3n) is 4.47. The lowest BCUT2D eigenvalue weighted by atomic mass is 9.89. The molecule has 1 amide bonds. The number of hydrogen-bond donors (Lipinski definition) is 0. The van der Waals surface area contributed by atoms with E-state index in [1.54, 1.807) is 0 Å². The Bertz CT molecular complexity index is 518. The van der Waals surface area contributed by atoms with Gasteiger partial charge in [-0.2, -0.15) is 0 Å². The monoisotopic (exact) mass is 353 g/mol. The lowest BCUT2D eigenvalue weighted by molar-refractivity contribution is -0.182. The molecule has 5 heteroatoms. The maximum absolute atomic E-state index is 12.6. The summed E-state index contributed by atoms with van der Waals surface area (Å²) >= 11 is 3.41. The number of amides is 1. The second kappa shape index (κ2) is 6.07. The predicted octanol–water partition coefficient (Wildman–Crippen LogP) is 3.21. The van der Waals surface area contributed by atoms with Crippen molar-refractivity contribution in [2.75, 3.05) is 20.3 Å². The summed E-state index contributed by atoms with van der Waals surface area (Å²) in [4.78, 5) is 14.4. The summed E-state index contributed by atoms with van der Waals surface area (Å²) < 4.78 is 12.4. The van der Waals surface area contributed by atoms with Crippen LogP contribution in [0.2, 0.25) is 0 Å². The molecule has 1 spiro atoms. The first-order valence-corrected chi connectivity index (χ1v) is 8.20. The number of nitrogens with zero attached hydrogens (tertiary/aromatic N) is 1. The molecule has 1 saturated heterocycles. The number of rotatable bonds is 2. The molecule has 0 aromatic heterocycles. The molecule has 0 N–H and O–H groups in total. The van der Waals surface area contributed by atoms with E-state index >= 15 is 0 Å². The Kier molecular flexibility index (Phi) is 4.33. The van der Waals surface area contributed by atoms with Gasteiger partial charge in [-0.15, -0.1) is 0 Å². The topological polar surface area (TPSA) is 38.8 Å². The Hall–Kier alpha value is -0.910. The van der Waals surface area contributed by atoms with Crippen LogP contribution in [0.4, 0.5) is 0 Å². The highest BCUT2D eigenvalue weighted by Crippen LogP contribution is 2.37. The number of halogens is 1. The van der Waals surface area contributed by atoms with E-state index in [1.807, 2.05) is 36.2 Å². The smallest absolute Gasteiger partial charge is 0.253 e. The van der Waals surface area contributed by atoms with E-state index in [9.17, 15) is 4.79 Å². The minimum Gasteiger partial charge on any atom is -0.348 e. The molecule has 0 atom stereocenters. The summed E-state index contributed by atoms with van der Waals surface area (Å²) in [6, 6.07) is 7.80. The molecule has 114 valence electrons. The summed E-state index contributed by atoms with van der Waals surface area (Å²) in [6.07, 6.45) is 3.59. The SMILES string of the molecule is CN(C(=O)c1cccc(Br)c1)C1CCC2(CC1)OCCO2. The zero-order chi connectivity index (χ0) is 14.9. The van der Waals surface area contributed by atoms with Gasteiger partial charge in [-0.25, -0.2) is 0 Å². The number of benzene rings is 1. The minimum absolute atomic E-state index is 0.0745. The lowest BCUT2D eigenvalue weighted by Gasteiger charge is -2.39. The molecule has 1 aromatic carbocycles. The van der Waals surface area contributed by atoms with Crippen LogP contribution in [0.25, 0.3) is 0 Å². The molecule has 1 heterocycles. The average molecular weight is 354 g/mol. The van der Waals surface area contributed by atoms with Crippen molar-refractivity contribution < 1.29 is 14.3 Å². The summed E-state index contributed by atoms with van der Waals surface area (Å²) in [5, 5.41) is 0. The van der Waals surface area contributed by atoms with Crippen molar-refractivity contribution in [2.24, 2.45) is 0 Å². The van der Waals surface area contributed by atoms with Gasteiger partial charge in [0.1, 0.15) is 0 Å². The first-order chi connectivity index (χ1) is 10.1. The van der Waals surface area contributed by atoms with Crippen molar-refractivity contribution in [3.63, 3.8) is 0 Å². The minimum atomic E-state index is -0.365. The maximum Gasteiger partial charge on any atom is 0.253 e. The molecule has 0 bridgehead atoms. The van der Waals surface area contributed by atoms with Crippen molar-refractivity contribution in [3.8, 4) is 0 Å². The van der Waals surface area contributed by atoms with Crippen LogP contribution in [0.1, 0.15) is 36.0 Å². The highest BCUT2D eigenvalue weighted by Gasteiger charge is 2.41. The van der Waals surface area contributed by atoms with E-state index in [0.717, 1.165) is 35.7 Å². The van der Waals surface area contributed by atoms with Crippen LogP contribution in [0, 0.1) is 0 Å². The molecule has 3 rings (SSSR count).